The summed E-state index contributed by atoms with van der Waals surface area (Å²) >= 11 is 0. The Morgan fingerprint density at radius 2 is 1.55 bits per heavy atom. The molecule has 8 nitrogen and oxygen atoms in total. The summed E-state index contributed by atoms with van der Waals surface area (Å²) < 4.78 is 0. The van der Waals surface area contributed by atoms with Crippen LogP contribution in [0.2, 0.25) is 0 Å². The monoisotopic (exact) mass is 405 g/mol. The molecule has 3 aliphatic carbocycles. The molecule has 0 aromatic carbocycles. The topological polar surface area (TPSA) is 93.8 Å². The van der Waals surface area contributed by atoms with Crippen molar-refractivity contribution in [2.75, 3.05) is 39.3 Å². The summed E-state index contributed by atoms with van der Waals surface area (Å²) in [4.78, 5) is 40.5. The first-order valence-corrected chi connectivity index (χ1v) is 11.3. The van der Waals surface area contributed by atoms with Crippen LogP contribution in [0.25, 0.3) is 0 Å². The van der Waals surface area contributed by atoms with Crippen molar-refractivity contribution in [2.45, 2.75) is 57.5 Å². The van der Waals surface area contributed by atoms with E-state index in [2.05, 4.69) is 27.8 Å². The molecule has 4 unspecified atom stereocenters. The highest BCUT2D eigenvalue weighted by molar-refractivity contribution is 5.95. The number of imide groups is 1. The van der Waals surface area contributed by atoms with Gasteiger partial charge in [-0.05, 0) is 56.8 Å². The first-order chi connectivity index (χ1) is 14.0. The van der Waals surface area contributed by atoms with Crippen molar-refractivity contribution in [2.24, 2.45) is 17.8 Å². The third-order valence-electron chi connectivity index (χ3n) is 7.19. The van der Waals surface area contributed by atoms with Gasteiger partial charge in [-0.2, -0.15) is 0 Å². The molecule has 0 aromatic heterocycles. The van der Waals surface area contributed by atoms with Crippen LogP contribution in [0.3, 0.4) is 0 Å². The van der Waals surface area contributed by atoms with Crippen LogP contribution < -0.4 is 16.0 Å². The number of amides is 4. The van der Waals surface area contributed by atoms with Crippen LogP contribution in [-0.2, 0) is 9.59 Å². The van der Waals surface area contributed by atoms with Gasteiger partial charge < -0.3 is 10.6 Å². The predicted octanol–water partition coefficient (Wildman–Crippen LogP) is 0.533. The number of nitrogens with one attached hydrogen (secondary N) is 3. The normalized spacial score (nSPS) is 30.7. The third kappa shape index (κ3) is 5.69. The molecule has 2 bridgehead atoms. The largest absolute Gasteiger partial charge is 0.352 e. The van der Waals surface area contributed by atoms with Gasteiger partial charge >= 0.3 is 6.03 Å². The van der Waals surface area contributed by atoms with Crippen LogP contribution in [-0.4, -0.2) is 79.0 Å². The highest BCUT2D eigenvalue weighted by Crippen LogP contribution is 2.49. The Balaban J connectivity index is 1.11. The summed E-state index contributed by atoms with van der Waals surface area (Å²) in [5.41, 5.74) is 0. The van der Waals surface area contributed by atoms with E-state index in [1.54, 1.807) is 0 Å². The van der Waals surface area contributed by atoms with Crippen molar-refractivity contribution in [3.63, 3.8) is 0 Å². The number of hydrogen-bond acceptors (Lipinski definition) is 5. The van der Waals surface area contributed by atoms with E-state index >= 15 is 0 Å². The van der Waals surface area contributed by atoms with E-state index in [1.807, 2.05) is 4.90 Å². The molecule has 4 atom stereocenters. The Morgan fingerprint density at radius 3 is 2.10 bits per heavy atom. The Morgan fingerprint density at radius 1 is 0.897 bits per heavy atom. The molecule has 4 rings (SSSR count). The summed E-state index contributed by atoms with van der Waals surface area (Å²) in [6, 6.07) is 0.134. The Bertz CT molecular complexity index is 630. The summed E-state index contributed by atoms with van der Waals surface area (Å²) in [7, 11) is 0. The van der Waals surface area contributed by atoms with Gasteiger partial charge in [0, 0.05) is 38.3 Å². The van der Waals surface area contributed by atoms with Crippen LogP contribution in [0.1, 0.15) is 45.4 Å². The van der Waals surface area contributed by atoms with E-state index in [0.29, 0.717) is 18.5 Å². The molecule has 4 aliphatic rings. The second kappa shape index (κ2) is 9.00. The zero-order valence-corrected chi connectivity index (χ0v) is 17.5. The SMILES string of the molecule is CC(NC(=O)NC(=O)CN1CCN(CC(=O)NC2CC2)CC1)C1CC2CCC1C2. The highest BCUT2D eigenvalue weighted by Gasteiger charge is 2.42. The van der Waals surface area contributed by atoms with Gasteiger partial charge in [-0.25, -0.2) is 4.79 Å². The maximum atomic E-state index is 12.2. The van der Waals surface area contributed by atoms with Crippen LogP contribution in [0.5, 0.6) is 0 Å². The lowest BCUT2D eigenvalue weighted by Gasteiger charge is -2.33. The molecule has 29 heavy (non-hydrogen) atoms. The minimum Gasteiger partial charge on any atom is -0.352 e. The molecule has 0 spiro atoms. The summed E-state index contributed by atoms with van der Waals surface area (Å²) in [5, 5.41) is 8.48. The van der Waals surface area contributed by atoms with Crippen molar-refractivity contribution >= 4 is 17.8 Å². The lowest BCUT2D eigenvalue weighted by molar-refractivity contribution is -0.124. The molecule has 8 heteroatoms. The molecule has 1 saturated heterocycles. The van der Waals surface area contributed by atoms with Gasteiger partial charge in [0.25, 0.3) is 0 Å². The maximum Gasteiger partial charge on any atom is 0.321 e. The fourth-order valence-corrected chi connectivity index (χ4v) is 5.44. The van der Waals surface area contributed by atoms with E-state index < -0.39 is 0 Å². The van der Waals surface area contributed by atoms with Gasteiger partial charge in [-0.1, -0.05) is 6.42 Å². The molecule has 3 saturated carbocycles. The van der Waals surface area contributed by atoms with Gasteiger partial charge in [0.1, 0.15) is 0 Å². The number of urea groups is 1. The zero-order valence-electron chi connectivity index (χ0n) is 17.5. The molecule has 4 amide bonds. The zero-order chi connectivity index (χ0) is 20.4. The summed E-state index contributed by atoms with van der Waals surface area (Å²) in [5.74, 6) is 1.98. The van der Waals surface area contributed by atoms with Crippen molar-refractivity contribution < 1.29 is 14.4 Å². The van der Waals surface area contributed by atoms with E-state index in [9.17, 15) is 14.4 Å². The first kappa shape index (κ1) is 20.6. The molecule has 4 fully saturated rings. The van der Waals surface area contributed by atoms with E-state index in [4.69, 9.17) is 0 Å². The number of hydrogen-bond donors (Lipinski definition) is 3. The van der Waals surface area contributed by atoms with Crippen LogP contribution >= 0.6 is 0 Å². The van der Waals surface area contributed by atoms with Gasteiger partial charge in [0.05, 0.1) is 13.1 Å². The number of carbonyl (C=O) groups is 3. The summed E-state index contributed by atoms with van der Waals surface area (Å²) in [6.07, 6.45) is 7.35. The quantitative estimate of drug-likeness (QED) is 0.575. The van der Waals surface area contributed by atoms with Crippen LogP contribution in [0, 0.1) is 17.8 Å². The van der Waals surface area contributed by atoms with E-state index in [1.165, 1.54) is 25.7 Å². The minimum absolute atomic E-state index is 0.0972. The molecule has 1 heterocycles. The van der Waals surface area contributed by atoms with E-state index in [0.717, 1.165) is 50.9 Å². The molecule has 3 N–H and O–H groups in total. The Kier molecular flexibility index (Phi) is 6.39. The molecule has 1 aliphatic heterocycles. The van der Waals surface area contributed by atoms with Crippen molar-refractivity contribution in [3.05, 3.63) is 0 Å². The average molecular weight is 406 g/mol. The third-order valence-corrected chi connectivity index (χ3v) is 7.19. The predicted molar refractivity (Wildman–Crippen MR) is 109 cm³/mol. The fraction of sp³-hybridized carbons (Fsp3) is 0.857. The maximum absolute atomic E-state index is 12.2. The molecule has 162 valence electrons. The standard InChI is InChI=1S/C21H35N5O3/c1-14(18-11-15-2-3-16(18)10-15)22-21(29)24-20(28)13-26-8-6-25(7-9-26)12-19(27)23-17-4-5-17/h14-18H,2-13H2,1H3,(H,23,27)(H2,22,24,28,29). The number of rotatable bonds is 7. The lowest BCUT2D eigenvalue weighted by atomic mass is 9.84. The van der Waals surface area contributed by atoms with Crippen molar-refractivity contribution in [1.29, 1.82) is 0 Å². The molecule has 0 aromatic rings. The van der Waals surface area contributed by atoms with E-state index in [-0.39, 0.29) is 30.4 Å². The Labute approximate surface area is 173 Å². The smallest absolute Gasteiger partial charge is 0.321 e. The number of piperazine rings is 1. The van der Waals surface area contributed by atoms with Crippen LogP contribution in [0.15, 0.2) is 0 Å². The van der Waals surface area contributed by atoms with Gasteiger partial charge in [0.15, 0.2) is 0 Å². The molecular formula is C21H35N5O3. The second-order valence-corrected chi connectivity index (χ2v) is 9.54. The number of carbonyl (C=O) groups excluding carboxylic acids is 3. The number of nitrogens with zero attached hydrogens (tertiary/aromatic N) is 2. The van der Waals surface area contributed by atoms with Crippen LogP contribution in [0.4, 0.5) is 4.79 Å². The van der Waals surface area contributed by atoms with Gasteiger partial charge in [-0.15, -0.1) is 0 Å². The average Bonchev–Trinajstić information content (AvgIpc) is 3.22. The first-order valence-electron chi connectivity index (χ1n) is 11.3. The molecule has 0 radical (unpaired) electrons. The summed E-state index contributed by atoms with van der Waals surface area (Å²) in [6.45, 7) is 5.70. The van der Waals surface area contributed by atoms with Gasteiger partial charge in [0.2, 0.25) is 11.8 Å². The molecular weight excluding hydrogens is 370 g/mol. The van der Waals surface area contributed by atoms with Crippen molar-refractivity contribution in [3.8, 4) is 0 Å². The number of fused-ring (bicyclic) bond motifs is 2. The second-order valence-electron chi connectivity index (χ2n) is 9.54. The van der Waals surface area contributed by atoms with Gasteiger partial charge in [-0.3, -0.25) is 24.7 Å². The highest BCUT2D eigenvalue weighted by atomic mass is 16.2. The fourth-order valence-electron chi connectivity index (χ4n) is 5.44. The Hall–Kier alpha value is -1.67. The lowest BCUT2D eigenvalue weighted by Crippen LogP contribution is -2.53. The van der Waals surface area contributed by atoms with Crippen molar-refractivity contribution in [1.82, 2.24) is 25.8 Å². The minimum atomic E-state index is -0.374.